The van der Waals surface area contributed by atoms with Gasteiger partial charge in [0, 0.05) is 0 Å². The molecule has 2 aromatic heterocycles. The molecule has 0 amide bonds. The molecule has 1 aromatic carbocycles. The van der Waals surface area contributed by atoms with Crippen molar-refractivity contribution < 1.29 is 18.9 Å². The van der Waals surface area contributed by atoms with Crippen molar-refractivity contribution in [1.29, 1.82) is 0 Å². The number of fused-ring (bicyclic) bond motifs is 3. The minimum Gasteiger partial charge on any atom is -0.474 e. The van der Waals surface area contributed by atoms with E-state index in [1.807, 2.05) is 31.2 Å². The molecule has 5 heteroatoms. The van der Waals surface area contributed by atoms with Crippen molar-refractivity contribution in [3.63, 3.8) is 0 Å². The van der Waals surface area contributed by atoms with Gasteiger partial charge in [-0.3, -0.25) is 4.79 Å². The molecular weight excluding hydrogens is 271 g/mol. The van der Waals surface area contributed by atoms with Gasteiger partial charge in [-0.1, -0.05) is 31.5 Å². The summed E-state index contributed by atoms with van der Waals surface area (Å²) in [5, 5.41) is 12.1. The summed E-state index contributed by atoms with van der Waals surface area (Å²) in [6, 6.07) is 7.82. The number of unbranched alkanes of at least 4 members (excludes halogenated alkanes) is 1. The Hall–Kier alpha value is -2.43. The van der Waals surface area contributed by atoms with Gasteiger partial charge in [-0.05, 0) is 23.9 Å². The van der Waals surface area contributed by atoms with E-state index in [1.165, 1.54) is 4.40 Å². The Bertz CT molecular complexity index is 839. The molecule has 0 bridgehead atoms. The van der Waals surface area contributed by atoms with Crippen molar-refractivity contribution in [2.75, 3.05) is 0 Å². The molecule has 0 saturated carbocycles. The van der Waals surface area contributed by atoms with E-state index in [-0.39, 0.29) is 11.6 Å². The second-order valence-corrected chi connectivity index (χ2v) is 5.05. The van der Waals surface area contributed by atoms with Crippen molar-refractivity contribution >= 4 is 22.5 Å². The first-order valence-electron chi connectivity index (χ1n) is 6.99. The van der Waals surface area contributed by atoms with Gasteiger partial charge in [0.05, 0.1) is 18.1 Å². The van der Waals surface area contributed by atoms with Crippen LogP contribution in [0, 0.1) is 0 Å². The SMILES string of the molecule is CCCC[n+]1c(O)c(C(=O)F)n2ccc3ccccc3c21. The lowest BCUT2D eigenvalue weighted by Crippen LogP contribution is -2.33. The van der Waals surface area contributed by atoms with Crippen LogP contribution in [0.5, 0.6) is 5.88 Å². The summed E-state index contributed by atoms with van der Waals surface area (Å²) < 4.78 is 16.4. The Labute approximate surface area is 121 Å². The largest absolute Gasteiger partial charge is 0.474 e. The molecule has 0 saturated heterocycles. The standard InChI is InChI=1S/C16H15FN2O2/c1-2-3-9-19-15-12-7-5-4-6-11(12)8-10-18(15)13(14(17)20)16(19)21/h4-8,10H,2-3,9H2,1H3/p+1. The van der Waals surface area contributed by atoms with E-state index in [1.54, 1.807) is 16.8 Å². The summed E-state index contributed by atoms with van der Waals surface area (Å²) in [6.07, 6.45) is 3.39. The van der Waals surface area contributed by atoms with Gasteiger partial charge in [-0.25, -0.2) is 0 Å². The van der Waals surface area contributed by atoms with Gasteiger partial charge in [-0.2, -0.15) is 13.4 Å². The average Bonchev–Trinajstić information content (AvgIpc) is 2.77. The van der Waals surface area contributed by atoms with Crippen LogP contribution < -0.4 is 4.57 Å². The number of carbonyl (C=O) groups excluding carboxylic acids is 1. The molecule has 21 heavy (non-hydrogen) atoms. The van der Waals surface area contributed by atoms with Crippen LogP contribution in [-0.2, 0) is 6.54 Å². The first kappa shape index (κ1) is 13.5. The minimum atomic E-state index is -1.63. The molecule has 0 radical (unpaired) electrons. The molecule has 108 valence electrons. The van der Waals surface area contributed by atoms with E-state index in [0.29, 0.717) is 12.2 Å². The van der Waals surface area contributed by atoms with Crippen molar-refractivity contribution in [3.05, 3.63) is 42.2 Å². The van der Waals surface area contributed by atoms with Crippen LogP contribution in [0.3, 0.4) is 0 Å². The fourth-order valence-electron chi connectivity index (χ4n) is 2.70. The molecule has 3 aromatic rings. The highest BCUT2D eigenvalue weighted by atomic mass is 19.1. The molecular formula is C16H16FN2O2+. The van der Waals surface area contributed by atoms with Gasteiger partial charge in [0.2, 0.25) is 0 Å². The number of aromatic nitrogens is 2. The molecule has 1 N–H and O–H groups in total. The molecule has 0 aliphatic heterocycles. The van der Waals surface area contributed by atoms with Crippen LogP contribution >= 0.6 is 0 Å². The van der Waals surface area contributed by atoms with Crippen LogP contribution in [0.15, 0.2) is 36.5 Å². The summed E-state index contributed by atoms with van der Waals surface area (Å²) in [7, 11) is 0. The molecule has 2 heterocycles. The first-order chi connectivity index (χ1) is 10.1. The van der Waals surface area contributed by atoms with Crippen LogP contribution in [0.1, 0.15) is 30.3 Å². The van der Waals surface area contributed by atoms with Gasteiger partial charge in [0.25, 0.3) is 11.3 Å². The number of nitrogens with zero attached hydrogens (tertiary/aromatic N) is 2. The van der Waals surface area contributed by atoms with Gasteiger partial charge < -0.3 is 5.11 Å². The van der Waals surface area contributed by atoms with Crippen molar-refractivity contribution in [2.45, 2.75) is 26.3 Å². The van der Waals surface area contributed by atoms with E-state index in [2.05, 4.69) is 0 Å². The smallest absolute Gasteiger partial charge is 0.379 e. The predicted molar refractivity (Wildman–Crippen MR) is 77.1 cm³/mol. The van der Waals surface area contributed by atoms with E-state index in [4.69, 9.17) is 0 Å². The third kappa shape index (κ3) is 2.05. The number of pyridine rings is 1. The number of benzene rings is 1. The van der Waals surface area contributed by atoms with Gasteiger partial charge >= 0.3 is 11.9 Å². The number of rotatable bonds is 4. The lowest BCUT2D eigenvalue weighted by Gasteiger charge is -2.00. The van der Waals surface area contributed by atoms with Gasteiger partial charge in [-0.15, -0.1) is 0 Å². The lowest BCUT2D eigenvalue weighted by atomic mass is 10.2. The monoisotopic (exact) mass is 287 g/mol. The van der Waals surface area contributed by atoms with E-state index >= 15 is 0 Å². The Kier molecular flexibility index (Phi) is 3.33. The van der Waals surface area contributed by atoms with Crippen molar-refractivity contribution in [3.8, 4) is 5.88 Å². The summed E-state index contributed by atoms with van der Waals surface area (Å²) in [6.45, 7) is 2.57. The van der Waals surface area contributed by atoms with Crippen LogP contribution in [0.4, 0.5) is 4.39 Å². The Morgan fingerprint density at radius 3 is 2.81 bits per heavy atom. The van der Waals surface area contributed by atoms with Crippen molar-refractivity contribution in [1.82, 2.24) is 4.40 Å². The predicted octanol–water partition coefficient (Wildman–Crippen LogP) is 3.00. The second-order valence-electron chi connectivity index (χ2n) is 5.05. The first-order valence-corrected chi connectivity index (χ1v) is 6.99. The number of carbonyl (C=O) groups is 1. The number of aryl methyl sites for hydroxylation is 1. The molecule has 0 spiro atoms. The van der Waals surface area contributed by atoms with Gasteiger partial charge in [0.1, 0.15) is 0 Å². The van der Waals surface area contributed by atoms with E-state index in [9.17, 15) is 14.3 Å². The Morgan fingerprint density at radius 1 is 1.33 bits per heavy atom. The normalized spacial score (nSPS) is 11.3. The fourth-order valence-corrected chi connectivity index (χ4v) is 2.70. The van der Waals surface area contributed by atoms with Gasteiger partial charge in [0.15, 0.2) is 0 Å². The quantitative estimate of drug-likeness (QED) is 0.592. The number of hydrogen-bond donors (Lipinski definition) is 1. The third-order valence-corrected chi connectivity index (χ3v) is 3.72. The zero-order valence-corrected chi connectivity index (χ0v) is 11.7. The molecule has 0 aliphatic rings. The molecule has 0 unspecified atom stereocenters. The average molecular weight is 287 g/mol. The third-order valence-electron chi connectivity index (χ3n) is 3.72. The summed E-state index contributed by atoms with van der Waals surface area (Å²) >= 11 is 0. The maximum absolute atomic E-state index is 13.3. The molecule has 0 fully saturated rings. The van der Waals surface area contributed by atoms with E-state index in [0.717, 1.165) is 23.6 Å². The maximum Gasteiger partial charge on any atom is 0.379 e. The fraction of sp³-hybridized carbons (Fsp3) is 0.250. The molecule has 0 aliphatic carbocycles. The second kappa shape index (κ2) is 5.16. The highest BCUT2D eigenvalue weighted by Gasteiger charge is 2.31. The Balaban J connectivity index is 2.43. The summed E-state index contributed by atoms with van der Waals surface area (Å²) in [5.74, 6) is -0.313. The van der Waals surface area contributed by atoms with E-state index < -0.39 is 6.04 Å². The number of halogens is 1. The number of aromatic hydroxyl groups is 1. The lowest BCUT2D eigenvalue weighted by molar-refractivity contribution is -0.676. The van der Waals surface area contributed by atoms with Crippen molar-refractivity contribution in [2.24, 2.45) is 0 Å². The topological polar surface area (TPSA) is 45.6 Å². The Morgan fingerprint density at radius 2 is 2.10 bits per heavy atom. The highest BCUT2D eigenvalue weighted by Crippen LogP contribution is 2.24. The number of hydrogen-bond acceptors (Lipinski definition) is 2. The molecule has 3 rings (SSSR count). The zero-order valence-electron chi connectivity index (χ0n) is 11.7. The maximum atomic E-state index is 13.3. The number of imidazole rings is 1. The molecule has 0 atom stereocenters. The minimum absolute atomic E-state index is 0.313. The summed E-state index contributed by atoms with van der Waals surface area (Å²) in [5.41, 5.74) is 0.326. The van der Waals surface area contributed by atoms with Crippen LogP contribution in [-0.4, -0.2) is 15.5 Å². The van der Waals surface area contributed by atoms with Crippen LogP contribution in [0.2, 0.25) is 0 Å². The van der Waals surface area contributed by atoms with Crippen LogP contribution in [0.25, 0.3) is 16.4 Å². The highest BCUT2D eigenvalue weighted by molar-refractivity contribution is 5.96. The zero-order chi connectivity index (χ0) is 15.0. The summed E-state index contributed by atoms with van der Waals surface area (Å²) in [4.78, 5) is 11.2. The molecule has 4 nitrogen and oxygen atoms in total.